The Morgan fingerprint density at radius 2 is 2.20 bits per heavy atom. The number of hydrogen-bond acceptors (Lipinski definition) is 3. The summed E-state index contributed by atoms with van der Waals surface area (Å²) >= 11 is 0. The van der Waals surface area contributed by atoms with Gasteiger partial charge in [-0.05, 0) is 31.5 Å². The van der Waals surface area contributed by atoms with Gasteiger partial charge in [0.15, 0.2) is 0 Å². The van der Waals surface area contributed by atoms with Crippen LogP contribution in [-0.4, -0.2) is 35.9 Å². The van der Waals surface area contributed by atoms with E-state index in [2.05, 4.69) is 10.6 Å². The molecule has 0 bridgehead atoms. The molecule has 1 aliphatic rings. The molecule has 0 aliphatic carbocycles. The Kier molecular flexibility index (Phi) is 4.19. The highest BCUT2D eigenvalue weighted by Crippen LogP contribution is 2.18. The van der Waals surface area contributed by atoms with Gasteiger partial charge in [-0.15, -0.1) is 0 Å². The highest BCUT2D eigenvalue weighted by Gasteiger charge is 2.26. The molecule has 6 nitrogen and oxygen atoms in total. The minimum Gasteiger partial charge on any atom is -0.478 e. The summed E-state index contributed by atoms with van der Waals surface area (Å²) in [5.41, 5.74) is -0.251. The first-order valence-corrected chi connectivity index (χ1v) is 6.19. The third-order valence-electron chi connectivity index (χ3n) is 3.15. The van der Waals surface area contributed by atoms with Crippen molar-refractivity contribution < 1.29 is 23.8 Å². The molecule has 0 aromatic heterocycles. The molecule has 20 heavy (non-hydrogen) atoms. The zero-order valence-electron chi connectivity index (χ0n) is 10.9. The number of ether oxygens (including phenoxy) is 1. The van der Waals surface area contributed by atoms with Gasteiger partial charge in [0, 0.05) is 6.61 Å². The Balaban J connectivity index is 2.06. The van der Waals surface area contributed by atoms with Gasteiger partial charge in [0.2, 0.25) is 0 Å². The van der Waals surface area contributed by atoms with Crippen molar-refractivity contribution in [3.63, 3.8) is 0 Å². The molecule has 2 atom stereocenters. The molecule has 2 unspecified atom stereocenters. The maximum atomic E-state index is 13.0. The van der Waals surface area contributed by atoms with Crippen LogP contribution in [0.2, 0.25) is 0 Å². The van der Waals surface area contributed by atoms with Gasteiger partial charge in [-0.2, -0.15) is 0 Å². The predicted molar refractivity (Wildman–Crippen MR) is 69.3 cm³/mol. The van der Waals surface area contributed by atoms with E-state index in [1.807, 2.05) is 6.92 Å². The minimum atomic E-state index is -1.31. The maximum Gasteiger partial charge on any atom is 0.337 e. The van der Waals surface area contributed by atoms with Crippen LogP contribution < -0.4 is 10.6 Å². The molecular weight excluding hydrogens is 267 g/mol. The van der Waals surface area contributed by atoms with Gasteiger partial charge >= 0.3 is 12.0 Å². The van der Waals surface area contributed by atoms with Gasteiger partial charge in [-0.3, -0.25) is 0 Å². The van der Waals surface area contributed by atoms with Crippen molar-refractivity contribution in [2.45, 2.75) is 25.5 Å². The molecule has 1 saturated heterocycles. The number of hydrogen-bond donors (Lipinski definition) is 3. The van der Waals surface area contributed by atoms with Crippen LogP contribution in [0.15, 0.2) is 18.2 Å². The topological polar surface area (TPSA) is 87.7 Å². The van der Waals surface area contributed by atoms with Gasteiger partial charge < -0.3 is 20.5 Å². The van der Waals surface area contributed by atoms with Crippen molar-refractivity contribution in [3.05, 3.63) is 29.6 Å². The number of rotatable bonds is 3. The fourth-order valence-electron chi connectivity index (χ4n) is 2.05. The van der Waals surface area contributed by atoms with Crippen LogP contribution in [0, 0.1) is 5.82 Å². The van der Waals surface area contributed by atoms with Gasteiger partial charge in [-0.25, -0.2) is 14.0 Å². The van der Waals surface area contributed by atoms with E-state index in [1.54, 1.807) is 0 Å². The highest BCUT2D eigenvalue weighted by atomic mass is 19.1. The monoisotopic (exact) mass is 282 g/mol. The van der Waals surface area contributed by atoms with Gasteiger partial charge in [-0.1, -0.05) is 0 Å². The Morgan fingerprint density at radius 3 is 2.80 bits per heavy atom. The molecule has 1 fully saturated rings. The number of carboxylic acids is 1. The van der Waals surface area contributed by atoms with Crippen LogP contribution in [0.4, 0.5) is 14.9 Å². The SMILES string of the molecule is CC1OCCC1NC(=O)Nc1ccc(F)cc1C(=O)O. The second kappa shape index (κ2) is 5.87. The molecule has 1 aromatic rings. The van der Waals surface area contributed by atoms with Crippen LogP contribution in [0.3, 0.4) is 0 Å². The summed E-state index contributed by atoms with van der Waals surface area (Å²) in [5.74, 6) is -1.98. The fourth-order valence-corrected chi connectivity index (χ4v) is 2.05. The van der Waals surface area contributed by atoms with Crippen molar-refractivity contribution in [1.29, 1.82) is 0 Å². The van der Waals surface area contributed by atoms with Crippen LogP contribution >= 0.6 is 0 Å². The maximum absolute atomic E-state index is 13.0. The number of nitrogens with one attached hydrogen (secondary N) is 2. The fraction of sp³-hybridized carbons (Fsp3) is 0.385. The molecule has 108 valence electrons. The number of amides is 2. The summed E-state index contributed by atoms with van der Waals surface area (Å²) in [6.07, 6.45) is 0.608. The summed E-state index contributed by atoms with van der Waals surface area (Å²) in [5, 5.41) is 14.1. The molecular formula is C13H15FN2O4. The Labute approximate surface area is 114 Å². The lowest BCUT2D eigenvalue weighted by Crippen LogP contribution is -2.41. The summed E-state index contributed by atoms with van der Waals surface area (Å²) in [4.78, 5) is 22.8. The Morgan fingerprint density at radius 1 is 1.45 bits per heavy atom. The first-order valence-electron chi connectivity index (χ1n) is 6.19. The third-order valence-corrected chi connectivity index (χ3v) is 3.15. The molecule has 7 heteroatoms. The average Bonchev–Trinajstić information content (AvgIpc) is 2.77. The van der Waals surface area contributed by atoms with Crippen LogP contribution in [-0.2, 0) is 4.74 Å². The van der Waals surface area contributed by atoms with Crippen molar-refractivity contribution >= 4 is 17.7 Å². The number of aromatic carboxylic acids is 1. The Hall–Kier alpha value is -2.15. The molecule has 0 saturated carbocycles. The molecule has 2 rings (SSSR count). The zero-order valence-corrected chi connectivity index (χ0v) is 10.9. The van der Waals surface area contributed by atoms with Crippen LogP contribution in [0.5, 0.6) is 0 Å². The number of carbonyl (C=O) groups excluding carboxylic acids is 1. The van der Waals surface area contributed by atoms with E-state index in [0.29, 0.717) is 13.0 Å². The summed E-state index contributed by atoms with van der Waals surface area (Å²) in [6.45, 7) is 2.42. The molecule has 1 aliphatic heterocycles. The van der Waals surface area contributed by atoms with Gasteiger partial charge in [0.25, 0.3) is 0 Å². The van der Waals surface area contributed by atoms with E-state index < -0.39 is 17.8 Å². The Bertz CT molecular complexity index is 535. The molecule has 1 aromatic carbocycles. The number of halogens is 1. The van der Waals surface area contributed by atoms with Crippen molar-refractivity contribution in [3.8, 4) is 0 Å². The summed E-state index contributed by atoms with van der Waals surface area (Å²) < 4.78 is 18.3. The normalized spacial score (nSPS) is 21.5. The van der Waals surface area contributed by atoms with Crippen LogP contribution in [0.1, 0.15) is 23.7 Å². The number of urea groups is 1. The first-order chi connectivity index (χ1) is 9.47. The lowest BCUT2D eigenvalue weighted by atomic mass is 10.1. The van der Waals surface area contributed by atoms with E-state index in [4.69, 9.17) is 9.84 Å². The number of benzene rings is 1. The summed E-state index contributed by atoms with van der Waals surface area (Å²) in [6, 6.07) is 2.50. The lowest BCUT2D eigenvalue weighted by molar-refractivity contribution is 0.0697. The van der Waals surface area contributed by atoms with E-state index in [0.717, 1.165) is 12.1 Å². The van der Waals surface area contributed by atoms with Crippen molar-refractivity contribution in [2.24, 2.45) is 0 Å². The zero-order chi connectivity index (χ0) is 14.7. The second-order valence-electron chi connectivity index (χ2n) is 4.56. The molecule has 1 heterocycles. The number of anilines is 1. The molecule has 0 spiro atoms. The standard InChI is InChI=1S/C13H15FN2O4/c1-7-10(4-5-20-7)15-13(19)16-11-3-2-8(14)6-9(11)12(17)18/h2-3,6-7,10H,4-5H2,1H3,(H,17,18)(H2,15,16,19). The van der Waals surface area contributed by atoms with Gasteiger partial charge in [0.05, 0.1) is 23.4 Å². The van der Waals surface area contributed by atoms with E-state index in [9.17, 15) is 14.0 Å². The van der Waals surface area contributed by atoms with Gasteiger partial charge in [0.1, 0.15) is 5.82 Å². The van der Waals surface area contributed by atoms with Crippen molar-refractivity contribution in [2.75, 3.05) is 11.9 Å². The molecule has 2 amide bonds. The lowest BCUT2D eigenvalue weighted by Gasteiger charge is -2.17. The largest absolute Gasteiger partial charge is 0.478 e. The van der Waals surface area contributed by atoms with E-state index in [1.165, 1.54) is 6.07 Å². The third kappa shape index (κ3) is 3.24. The van der Waals surface area contributed by atoms with E-state index >= 15 is 0 Å². The van der Waals surface area contributed by atoms with Crippen LogP contribution in [0.25, 0.3) is 0 Å². The van der Waals surface area contributed by atoms with Crippen molar-refractivity contribution in [1.82, 2.24) is 5.32 Å². The minimum absolute atomic E-state index is 0.0444. The smallest absolute Gasteiger partial charge is 0.337 e. The second-order valence-corrected chi connectivity index (χ2v) is 4.56. The average molecular weight is 282 g/mol. The first kappa shape index (κ1) is 14.3. The predicted octanol–water partition coefficient (Wildman–Crippen LogP) is 1.82. The quantitative estimate of drug-likeness (QED) is 0.789. The number of carbonyl (C=O) groups is 2. The molecule has 0 radical (unpaired) electrons. The highest BCUT2D eigenvalue weighted by molar-refractivity contribution is 6.00. The molecule has 3 N–H and O–H groups in total. The van der Waals surface area contributed by atoms with E-state index in [-0.39, 0.29) is 23.4 Å². The number of carboxylic acid groups (broad SMARTS) is 1. The summed E-state index contributed by atoms with van der Waals surface area (Å²) in [7, 11) is 0.